The third-order valence-corrected chi connectivity index (χ3v) is 2.71. The highest BCUT2D eigenvalue weighted by Crippen LogP contribution is 2.32. The van der Waals surface area contributed by atoms with Gasteiger partial charge in [0.15, 0.2) is 0 Å². The van der Waals surface area contributed by atoms with E-state index in [4.69, 9.17) is 4.74 Å². The molecule has 3 rings (SSSR count). The molecule has 17 heavy (non-hydrogen) atoms. The average Bonchev–Trinajstić information content (AvgIpc) is 2.97. The van der Waals surface area contributed by atoms with E-state index < -0.39 is 17.7 Å². The first kappa shape index (κ1) is 10.3. The summed E-state index contributed by atoms with van der Waals surface area (Å²) in [5.74, 6) is -1.19. The molecule has 1 aromatic heterocycles. The molecule has 4 nitrogen and oxygen atoms in total. The van der Waals surface area contributed by atoms with Gasteiger partial charge in [-0.2, -0.15) is 5.10 Å². The van der Waals surface area contributed by atoms with Crippen LogP contribution in [0.2, 0.25) is 0 Å². The smallest absolute Gasteiger partial charge is 0.137 e. The maximum Gasteiger partial charge on any atom is 0.137 e. The molecule has 0 amide bonds. The summed E-state index contributed by atoms with van der Waals surface area (Å²) in [6.45, 7) is 0.543. The molecule has 1 saturated heterocycles. The van der Waals surface area contributed by atoms with Crippen LogP contribution < -0.4 is 0 Å². The minimum Gasteiger partial charge on any atom is -0.370 e. The normalized spacial score (nSPS) is 20.2. The molecule has 0 unspecified atom stereocenters. The van der Waals surface area contributed by atoms with Crippen LogP contribution in [-0.2, 0) is 4.74 Å². The highest BCUT2D eigenvalue weighted by Gasteiger charge is 2.37. The first-order chi connectivity index (χ1) is 8.25. The Morgan fingerprint density at radius 2 is 2.24 bits per heavy atom. The van der Waals surface area contributed by atoms with Crippen LogP contribution in [0.3, 0.4) is 0 Å². The zero-order chi connectivity index (χ0) is 11.8. The summed E-state index contributed by atoms with van der Waals surface area (Å²) >= 11 is 0. The third-order valence-electron chi connectivity index (χ3n) is 2.71. The van der Waals surface area contributed by atoms with E-state index in [-0.39, 0.29) is 6.10 Å². The molecule has 1 aliphatic rings. The summed E-state index contributed by atoms with van der Waals surface area (Å²) in [6.07, 6.45) is 2.74. The van der Waals surface area contributed by atoms with E-state index in [0.29, 0.717) is 12.2 Å². The second kappa shape index (κ2) is 3.89. The lowest BCUT2D eigenvalue weighted by atomic mass is 10.0. The standard InChI is InChI=1S/C11H9F2N3O/c12-7-1-2-8(9(13)3-7)11(10-4-17-10)16-6-14-5-15-16/h1-3,5-6,10-11H,4H2/t10-,11+/m0/s1. The Balaban J connectivity index is 2.04. The lowest BCUT2D eigenvalue weighted by Crippen LogP contribution is -2.18. The Bertz CT molecular complexity index is 526. The van der Waals surface area contributed by atoms with Crippen LogP contribution in [0, 0.1) is 11.6 Å². The van der Waals surface area contributed by atoms with Gasteiger partial charge in [0.2, 0.25) is 0 Å². The Morgan fingerprint density at radius 1 is 1.41 bits per heavy atom. The number of hydrogen-bond acceptors (Lipinski definition) is 3. The first-order valence-corrected chi connectivity index (χ1v) is 5.16. The predicted molar refractivity (Wildman–Crippen MR) is 54.3 cm³/mol. The highest BCUT2D eigenvalue weighted by molar-refractivity contribution is 5.24. The van der Waals surface area contributed by atoms with E-state index in [9.17, 15) is 8.78 Å². The number of benzene rings is 1. The molecule has 1 aromatic carbocycles. The molecule has 0 bridgehead atoms. The predicted octanol–water partition coefficient (Wildman–Crippen LogP) is 1.54. The van der Waals surface area contributed by atoms with E-state index in [1.54, 1.807) is 0 Å². The Labute approximate surface area is 95.8 Å². The minimum atomic E-state index is -0.597. The molecule has 6 heteroatoms. The number of halogens is 2. The molecule has 88 valence electrons. The van der Waals surface area contributed by atoms with E-state index in [1.165, 1.54) is 29.5 Å². The number of ether oxygens (including phenoxy) is 1. The van der Waals surface area contributed by atoms with E-state index in [1.807, 2.05) is 0 Å². The van der Waals surface area contributed by atoms with Crippen molar-refractivity contribution in [1.82, 2.24) is 14.8 Å². The zero-order valence-corrected chi connectivity index (χ0v) is 8.75. The summed E-state index contributed by atoms with van der Waals surface area (Å²) in [6, 6.07) is 3.11. The lowest BCUT2D eigenvalue weighted by molar-refractivity contribution is 0.333. The Morgan fingerprint density at radius 3 is 2.82 bits per heavy atom. The summed E-state index contributed by atoms with van der Waals surface area (Å²) in [5, 5.41) is 3.98. The molecule has 0 N–H and O–H groups in total. The van der Waals surface area contributed by atoms with Crippen LogP contribution in [-0.4, -0.2) is 27.5 Å². The Hall–Kier alpha value is -1.82. The van der Waals surface area contributed by atoms with Gasteiger partial charge in [0.05, 0.1) is 6.61 Å². The molecule has 1 fully saturated rings. The second-order valence-electron chi connectivity index (χ2n) is 3.86. The quantitative estimate of drug-likeness (QED) is 0.760. The summed E-state index contributed by atoms with van der Waals surface area (Å²) in [4.78, 5) is 3.83. The maximum absolute atomic E-state index is 13.7. The van der Waals surface area contributed by atoms with Crippen molar-refractivity contribution in [1.29, 1.82) is 0 Å². The van der Waals surface area contributed by atoms with E-state index in [0.717, 1.165) is 6.07 Å². The highest BCUT2D eigenvalue weighted by atomic mass is 19.1. The van der Waals surface area contributed by atoms with Crippen LogP contribution in [0.15, 0.2) is 30.9 Å². The van der Waals surface area contributed by atoms with Gasteiger partial charge in [-0.05, 0) is 6.07 Å². The van der Waals surface area contributed by atoms with E-state index >= 15 is 0 Å². The van der Waals surface area contributed by atoms with Gasteiger partial charge >= 0.3 is 0 Å². The van der Waals surface area contributed by atoms with Crippen molar-refractivity contribution >= 4 is 0 Å². The van der Waals surface area contributed by atoms with Gasteiger partial charge in [0.25, 0.3) is 0 Å². The van der Waals surface area contributed by atoms with Crippen molar-refractivity contribution in [2.75, 3.05) is 6.61 Å². The molecule has 0 radical (unpaired) electrons. The number of rotatable bonds is 3. The van der Waals surface area contributed by atoms with Crippen molar-refractivity contribution in [3.63, 3.8) is 0 Å². The van der Waals surface area contributed by atoms with Crippen molar-refractivity contribution < 1.29 is 13.5 Å². The molecular weight excluding hydrogens is 228 g/mol. The average molecular weight is 237 g/mol. The zero-order valence-electron chi connectivity index (χ0n) is 8.75. The van der Waals surface area contributed by atoms with E-state index in [2.05, 4.69) is 10.1 Å². The van der Waals surface area contributed by atoms with Gasteiger partial charge in [0, 0.05) is 11.6 Å². The van der Waals surface area contributed by atoms with Crippen LogP contribution >= 0.6 is 0 Å². The van der Waals surface area contributed by atoms with Gasteiger partial charge in [-0.1, -0.05) is 6.07 Å². The number of aromatic nitrogens is 3. The van der Waals surface area contributed by atoms with Gasteiger partial charge in [-0.3, -0.25) is 0 Å². The maximum atomic E-state index is 13.7. The largest absolute Gasteiger partial charge is 0.370 e. The lowest BCUT2D eigenvalue weighted by Gasteiger charge is -2.15. The van der Waals surface area contributed by atoms with Gasteiger partial charge < -0.3 is 4.74 Å². The van der Waals surface area contributed by atoms with Crippen molar-refractivity contribution in [3.05, 3.63) is 48.1 Å². The fourth-order valence-electron chi connectivity index (χ4n) is 1.85. The number of nitrogens with zero attached hydrogens (tertiary/aromatic N) is 3. The van der Waals surface area contributed by atoms with Crippen molar-refractivity contribution in [2.24, 2.45) is 0 Å². The van der Waals surface area contributed by atoms with Crippen molar-refractivity contribution in [2.45, 2.75) is 12.1 Å². The van der Waals surface area contributed by atoms with Gasteiger partial charge in [0.1, 0.15) is 36.4 Å². The number of hydrogen-bond donors (Lipinski definition) is 0. The summed E-state index contributed by atoms with van der Waals surface area (Å²) in [5.41, 5.74) is 0.361. The fourth-order valence-corrected chi connectivity index (χ4v) is 1.85. The topological polar surface area (TPSA) is 43.2 Å². The third kappa shape index (κ3) is 1.91. The van der Waals surface area contributed by atoms with Crippen molar-refractivity contribution in [3.8, 4) is 0 Å². The molecule has 2 aromatic rings. The molecule has 0 aliphatic carbocycles. The van der Waals surface area contributed by atoms with Crippen LogP contribution in [0.25, 0.3) is 0 Å². The molecular formula is C11H9F2N3O. The number of epoxide rings is 1. The first-order valence-electron chi connectivity index (χ1n) is 5.16. The summed E-state index contributed by atoms with van der Waals surface area (Å²) in [7, 11) is 0. The van der Waals surface area contributed by atoms with Crippen LogP contribution in [0.1, 0.15) is 11.6 Å². The molecule has 2 heterocycles. The monoisotopic (exact) mass is 237 g/mol. The molecule has 1 aliphatic heterocycles. The fraction of sp³-hybridized carbons (Fsp3) is 0.273. The van der Waals surface area contributed by atoms with Crippen LogP contribution in [0.4, 0.5) is 8.78 Å². The molecule has 0 saturated carbocycles. The SMILES string of the molecule is Fc1ccc([C@H]([C@@H]2CO2)n2cncn2)c(F)c1. The second-order valence-corrected chi connectivity index (χ2v) is 3.86. The van der Waals surface area contributed by atoms with Gasteiger partial charge in [-0.15, -0.1) is 0 Å². The van der Waals surface area contributed by atoms with Crippen LogP contribution in [0.5, 0.6) is 0 Å². The molecule has 0 spiro atoms. The molecule has 2 atom stereocenters. The minimum absolute atomic E-state index is 0.128. The van der Waals surface area contributed by atoms with Gasteiger partial charge in [-0.25, -0.2) is 18.4 Å². The summed E-state index contributed by atoms with van der Waals surface area (Å²) < 4.78 is 33.3. The Kier molecular flexibility index (Phi) is 2.36.